The van der Waals surface area contributed by atoms with Gasteiger partial charge in [0.2, 0.25) is 10.0 Å². The molecular formula is C12H16N4O2S. The molecule has 1 aromatic carbocycles. The molecule has 2 rings (SSSR count). The molecule has 6 nitrogen and oxygen atoms in total. The van der Waals surface area contributed by atoms with E-state index >= 15 is 0 Å². The van der Waals surface area contributed by atoms with E-state index < -0.39 is 10.0 Å². The highest BCUT2D eigenvalue weighted by Crippen LogP contribution is 2.27. The lowest BCUT2D eigenvalue weighted by atomic mass is 10.1. The molecule has 0 bridgehead atoms. The predicted molar refractivity (Wildman–Crippen MR) is 72.8 cm³/mol. The largest absolute Gasteiger partial charge is 0.383 e. The first-order chi connectivity index (χ1) is 8.94. The molecule has 0 radical (unpaired) electrons. The number of H-pyrrole nitrogens is 1. The van der Waals surface area contributed by atoms with Crippen molar-refractivity contribution in [2.45, 2.75) is 17.9 Å². The lowest BCUT2D eigenvalue weighted by Gasteiger charge is -2.24. The molecule has 102 valence electrons. The summed E-state index contributed by atoms with van der Waals surface area (Å²) in [5.41, 5.74) is 6.49. The fraction of sp³-hybridized carbons (Fsp3) is 0.250. The highest BCUT2D eigenvalue weighted by Gasteiger charge is 2.29. The number of hydrogen-bond acceptors (Lipinski definition) is 4. The Balaban J connectivity index is 2.34. The number of rotatable bonds is 4. The maximum atomic E-state index is 12.4. The summed E-state index contributed by atoms with van der Waals surface area (Å²) in [7, 11) is -2.13. The molecule has 0 fully saturated rings. The van der Waals surface area contributed by atoms with E-state index in [0.29, 0.717) is 0 Å². The summed E-state index contributed by atoms with van der Waals surface area (Å²) < 4.78 is 26.1. The molecule has 0 saturated heterocycles. The molecule has 7 heteroatoms. The van der Waals surface area contributed by atoms with Gasteiger partial charge in [0, 0.05) is 13.1 Å². The average Bonchev–Trinajstić information content (AvgIpc) is 2.85. The second-order valence-corrected chi connectivity index (χ2v) is 6.22. The van der Waals surface area contributed by atoms with Crippen molar-refractivity contribution < 1.29 is 8.42 Å². The van der Waals surface area contributed by atoms with Crippen LogP contribution in [0.25, 0.3) is 0 Å². The van der Waals surface area contributed by atoms with Gasteiger partial charge in [-0.3, -0.25) is 5.10 Å². The van der Waals surface area contributed by atoms with E-state index in [2.05, 4.69) is 10.2 Å². The van der Waals surface area contributed by atoms with Crippen molar-refractivity contribution in [3.05, 3.63) is 42.1 Å². The first kappa shape index (κ1) is 13.6. The number of sulfonamides is 1. The lowest BCUT2D eigenvalue weighted by Crippen LogP contribution is -2.30. The third-order valence-corrected chi connectivity index (χ3v) is 5.07. The van der Waals surface area contributed by atoms with E-state index in [4.69, 9.17) is 5.73 Å². The fourth-order valence-electron chi connectivity index (χ4n) is 1.80. The van der Waals surface area contributed by atoms with Crippen LogP contribution in [0.1, 0.15) is 18.5 Å². The minimum Gasteiger partial charge on any atom is -0.383 e. The lowest BCUT2D eigenvalue weighted by molar-refractivity contribution is 0.398. The highest BCUT2D eigenvalue weighted by atomic mass is 32.2. The molecule has 1 aromatic heterocycles. The van der Waals surface area contributed by atoms with Gasteiger partial charge in [-0.05, 0) is 12.5 Å². The Morgan fingerprint density at radius 3 is 2.47 bits per heavy atom. The summed E-state index contributed by atoms with van der Waals surface area (Å²) in [5.74, 6) is 0.0483. The van der Waals surface area contributed by atoms with E-state index in [9.17, 15) is 8.42 Å². The summed E-state index contributed by atoms with van der Waals surface area (Å²) in [6, 6.07) is 9.11. The number of hydrogen-bond donors (Lipinski definition) is 2. The van der Waals surface area contributed by atoms with Crippen LogP contribution in [0, 0.1) is 0 Å². The fourth-order valence-corrected chi connectivity index (χ4v) is 3.15. The Labute approximate surface area is 112 Å². The number of aromatic amines is 1. The zero-order valence-corrected chi connectivity index (χ0v) is 11.6. The van der Waals surface area contributed by atoms with Gasteiger partial charge in [-0.1, -0.05) is 30.3 Å². The predicted octanol–water partition coefficient (Wildman–Crippen LogP) is 1.37. The van der Waals surface area contributed by atoms with E-state index in [-0.39, 0.29) is 16.8 Å². The molecule has 0 saturated carbocycles. The maximum absolute atomic E-state index is 12.4. The zero-order valence-electron chi connectivity index (χ0n) is 10.7. The Kier molecular flexibility index (Phi) is 3.59. The quantitative estimate of drug-likeness (QED) is 0.884. The third kappa shape index (κ3) is 2.47. The third-order valence-electron chi connectivity index (χ3n) is 3.12. The molecule has 3 N–H and O–H groups in total. The SMILES string of the molecule is CC(c1ccccc1)N(C)S(=O)(=O)c1cn[nH]c1N. The van der Waals surface area contributed by atoms with Gasteiger partial charge in [0.1, 0.15) is 10.7 Å². The Bertz CT molecular complexity index is 651. The first-order valence-electron chi connectivity index (χ1n) is 5.76. The van der Waals surface area contributed by atoms with Crippen LogP contribution in [0.2, 0.25) is 0 Å². The molecule has 19 heavy (non-hydrogen) atoms. The molecular weight excluding hydrogens is 264 g/mol. The van der Waals surface area contributed by atoms with Crippen molar-refractivity contribution in [3.8, 4) is 0 Å². The number of nitrogen functional groups attached to an aromatic ring is 1. The Hall–Kier alpha value is -1.86. The summed E-state index contributed by atoms with van der Waals surface area (Å²) in [6.45, 7) is 1.82. The molecule has 1 unspecified atom stereocenters. The highest BCUT2D eigenvalue weighted by molar-refractivity contribution is 7.89. The molecule has 1 heterocycles. The second kappa shape index (κ2) is 5.02. The number of aromatic nitrogens is 2. The van der Waals surface area contributed by atoms with Gasteiger partial charge in [-0.2, -0.15) is 9.40 Å². The summed E-state index contributed by atoms with van der Waals surface area (Å²) in [5, 5.41) is 6.08. The van der Waals surface area contributed by atoms with E-state index in [0.717, 1.165) is 5.56 Å². The Morgan fingerprint density at radius 2 is 1.95 bits per heavy atom. The van der Waals surface area contributed by atoms with Crippen LogP contribution < -0.4 is 5.73 Å². The van der Waals surface area contributed by atoms with Gasteiger partial charge >= 0.3 is 0 Å². The van der Waals surface area contributed by atoms with Gasteiger partial charge in [-0.15, -0.1) is 0 Å². The summed E-state index contributed by atoms with van der Waals surface area (Å²) in [4.78, 5) is -0.00205. The van der Waals surface area contributed by atoms with Crippen molar-refractivity contribution in [3.63, 3.8) is 0 Å². The number of nitrogens with one attached hydrogen (secondary N) is 1. The van der Waals surface area contributed by atoms with E-state index in [1.54, 1.807) is 0 Å². The minimum atomic E-state index is -3.66. The zero-order chi connectivity index (χ0) is 14.0. The molecule has 2 aromatic rings. The van der Waals surface area contributed by atoms with Gasteiger partial charge in [0.25, 0.3) is 0 Å². The van der Waals surface area contributed by atoms with Crippen molar-refractivity contribution >= 4 is 15.8 Å². The van der Waals surface area contributed by atoms with Crippen LogP contribution in [0.3, 0.4) is 0 Å². The molecule has 0 aliphatic carbocycles. The Morgan fingerprint density at radius 1 is 1.32 bits per heavy atom. The second-order valence-electron chi connectivity index (χ2n) is 4.26. The standard InChI is InChI=1S/C12H16N4O2S/c1-9(10-6-4-3-5-7-10)16(2)19(17,18)11-8-14-15-12(11)13/h3-9H,1-2H3,(H3,13,14,15). The average molecular weight is 280 g/mol. The van der Waals surface area contributed by atoms with Crippen LogP contribution >= 0.6 is 0 Å². The molecule has 0 aliphatic heterocycles. The van der Waals surface area contributed by atoms with Crippen LogP contribution in [0.5, 0.6) is 0 Å². The van der Waals surface area contributed by atoms with Gasteiger partial charge in [0.05, 0.1) is 6.20 Å². The van der Waals surface area contributed by atoms with Gasteiger partial charge in [-0.25, -0.2) is 8.42 Å². The van der Waals surface area contributed by atoms with Gasteiger partial charge < -0.3 is 5.73 Å². The van der Waals surface area contributed by atoms with Crippen molar-refractivity contribution in [1.82, 2.24) is 14.5 Å². The van der Waals surface area contributed by atoms with Crippen LogP contribution in [0.4, 0.5) is 5.82 Å². The van der Waals surface area contributed by atoms with Gasteiger partial charge in [0.15, 0.2) is 0 Å². The molecule has 0 amide bonds. The monoisotopic (exact) mass is 280 g/mol. The van der Waals surface area contributed by atoms with Crippen LogP contribution in [0.15, 0.2) is 41.4 Å². The molecule has 0 aliphatic rings. The summed E-state index contributed by atoms with van der Waals surface area (Å²) in [6.07, 6.45) is 1.22. The first-order valence-corrected chi connectivity index (χ1v) is 7.20. The van der Waals surface area contributed by atoms with Crippen LogP contribution in [-0.4, -0.2) is 30.0 Å². The van der Waals surface area contributed by atoms with Crippen molar-refractivity contribution in [2.24, 2.45) is 0 Å². The van der Waals surface area contributed by atoms with Crippen molar-refractivity contribution in [1.29, 1.82) is 0 Å². The van der Waals surface area contributed by atoms with E-state index in [1.165, 1.54) is 17.5 Å². The number of benzene rings is 1. The number of nitrogens with two attached hydrogens (primary N) is 1. The molecule has 1 atom stereocenters. The normalized spacial score (nSPS) is 13.6. The summed E-state index contributed by atoms with van der Waals surface area (Å²) >= 11 is 0. The topological polar surface area (TPSA) is 92.1 Å². The van der Waals surface area contributed by atoms with Crippen molar-refractivity contribution in [2.75, 3.05) is 12.8 Å². The van der Waals surface area contributed by atoms with E-state index in [1.807, 2.05) is 37.3 Å². The van der Waals surface area contributed by atoms with Crippen LogP contribution in [-0.2, 0) is 10.0 Å². The molecule has 0 spiro atoms. The smallest absolute Gasteiger partial charge is 0.248 e. The maximum Gasteiger partial charge on any atom is 0.248 e. The number of nitrogens with zero attached hydrogens (tertiary/aromatic N) is 2. The minimum absolute atomic E-state index is 0.00205. The number of anilines is 1.